The SMILES string of the molecule is CC(=O)Nc1cccc(NC(=O)CC2CCOCC2)c1. The number of benzene rings is 1. The zero-order chi connectivity index (χ0) is 14.4. The molecule has 1 heterocycles. The van der Waals surface area contributed by atoms with E-state index in [0.717, 1.165) is 26.1 Å². The molecule has 0 atom stereocenters. The molecule has 0 aliphatic carbocycles. The summed E-state index contributed by atoms with van der Waals surface area (Å²) in [5, 5.41) is 5.56. The van der Waals surface area contributed by atoms with Crippen LogP contribution >= 0.6 is 0 Å². The molecule has 2 rings (SSSR count). The maximum atomic E-state index is 12.0. The first-order valence-corrected chi connectivity index (χ1v) is 6.89. The van der Waals surface area contributed by atoms with Crippen molar-refractivity contribution in [2.24, 2.45) is 5.92 Å². The fraction of sp³-hybridized carbons (Fsp3) is 0.467. The Morgan fingerprint density at radius 3 is 2.50 bits per heavy atom. The average Bonchev–Trinajstić information content (AvgIpc) is 2.39. The van der Waals surface area contributed by atoms with E-state index in [0.29, 0.717) is 23.7 Å². The first-order chi connectivity index (χ1) is 9.63. The van der Waals surface area contributed by atoms with E-state index >= 15 is 0 Å². The highest BCUT2D eigenvalue weighted by molar-refractivity contribution is 5.93. The Morgan fingerprint density at radius 2 is 1.85 bits per heavy atom. The second kappa shape index (κ2) is 7.05. The van der Waals surface area contributed by atoms with Gasteiger partial charge in [-0.3, -0.25) is 9.59 Å². The Bertz CT molecular complexity index is 482. The van der Waals surface area contributed by atoms with Crippen LogP contribution in [0, 0.1) is 5.92 Å². The Kier molecular flexibility index (Phi) is 5.12. The summed E-state index contributed by atoms with van der Waals surface area (Å²) in [5.41, 5.74) is 1.38. The maximum Gasteiger partial charge on any atom is 0.224 e. The number of carbonyl (C=O) groups excluding carboxylic acids is 2. The Labute approximate surface area is 118 Å². The number of nitrogens with one attached hydrogen (secondary N) is 2. The number of rotatable bonds is 4. The molecule has 0 unspecified atom stereocenters. The van der Waals surface area contributed by atoms with Gasteiger partial charge >= 0.3 is 0 Å². The quantitative estimate of drug-likeness (QED) is 0.887. The predicted octanol–water partition coefficient (Wildman–Crippen LogP) is 2.40. The number of carbonyl (C=O) groups is 2. The Hall–Kier alpha value is -1.88. The largest absolute Gasteiger partial charge is 0.381 e. The van der Waals surface area contributed by atoms with E-state index in [1.807, 2.05) is 6.07 Å². The van der Waals surface area contributed by atoms with E-state index in [2.05, 4.69) is 10.6 Å². The van der Waals surface area contributed by atoms with Gasteiger partial charge < -0.3 is 15.4 Å². The van der Waals surface area contributed by atoms with Gasteiger partial charge in [0.05, 0.1) is 0 Å². The third-order valence-electron chi connectivity index (χ3n) is 3.28. The van der Waals surface area contributed by atoms with E-state index in [1.54, 1.807) is 18.2 Å². The molecule has 1 aromatic carbocycles. The molecule has 0 spiro atoms. The van der Waals surface area contributed by atoms with Gasteiger partial charge in [-0.15, -0.1) is 0 Å². The van der Waals surface area contributed by atoms with Gasteiger partial charge in [0.2, 0.25) is 11.8 Å². The van der Waals surface area contributed by atoms with Crippen LogP contribution in [0.4, 0.5) is 11.4 Å². The molecule has 1 aliphatic rings. The van der Waals surface area contributed by atoms with E-state index < -0.39 is 0 Å². The molecule has 1 aromatic rings. The highest BCUT2D eigenvalue weighted by Gasteiger charge is 2.17. The molecule has 0 radical (unpaired) electrons. The molecule has 1 fully saturated rings. The van der Waals surface area contributed by atoms with E-state index in [4.69, 9.17) is 4.74 Å². The summed E-state index contributed by atoms with van der Waals surface area (Å²) in [4.78, 5) is 23.0. The van der Waals surface area contributed by atoms with Crippen molar-refractivity contribution in [3.8, 4) is 0 Å². The normalized spacial score (nSPS) is 15.7. The topological polar surface area (TPSA) is 67.4 Å². The van der Waals surface area contributed by atoms with Crippen molar-refractivity contribution in [2.75, 3.05) is 23.8 Å². The summed E-state index contributed by atoms with van der Waals surface area (Å²) in [6.07, 6.45) is 2.41. The molecular formula is C15H20N2O3. The molecule has 0 aromatic heterocycles. The van der Waals surface area contributed by atoms with Crippen LogP contribution in [0.1, 0.15) is 26.2 Å². The van der Waals surface area contributed by atoms with Crippen LogP contribution in [0.25, 0.3) is 0 Å². The summed E-state index contributed by atoms with van der Waals surface area (Å²) < 4.78 is 5.28. The molecular weight excluding hydrogens is 256 g/mol. The van der Waals surface area contributed by atoms with Crippen molar-refractivity contribution >= 4 is 23.2 Å². The summed E-state index contributed by atoms with van der Waals surface area (Å²) in [7, 11) is 0. The third kappa shape index (κ3) is 4.66. The Balaban J connectivity index is 1.88. The molecule has 1 aliphatic heterocycles. The first-order valence-electron chi connectivity index (χ1n) is 6.89. The Morgan fingerprint density at radius 1 is 1.20 bits per heavy atom. The second-order valence-electron chi connectivity index (χ2n) is 5.07. The summed E-state index contributed by atoms with van der Waals surface area (Å²) in [6.45, 7) is 2.95. The fourth-order valence-electron chi connectivity index (χ4n) is 2.30. The van der Waals surface area contributed by atoms with Crippen LogP contribution in [0.5, 0.6) is 0 Å². The van der Waals surface area contributed by atoms with Crippen molar-refractivity contribution in [3.05, 3.63) is 24.3 Å². The van der Waals surface area contributed by atoms with Gasteiger partial charge in [-0.1, -0.05) is 6.07 Å². The van der Waals surface area contributed by atoms with E-state index in [-0.39, 0.29) is 11.8 Å². The minimum atomic E-state index is -0.129. The second-order valence-corrected chi connectivity index (χ2v) is 5.07. The van der Waals surface area contributed by atoms with Crippen molar-refractivity contribution in [3.63, 3.8) is 0 Å². The monoisotopic (exact) mass is 276 g/mol. The zero-order valence-electron chi connectivity index (χ0n) is 11.6. The number of hydrogen-bond donors (Lipinski definition) is 2. The minimum Gasteiger partial charge on any atom is -0.381 e. The molecule has 5 heteroatoms. The van der Waals surface area contributed by atoms with E-state index in [1.165, 1.54) is 6.92 Å². The van der Waals surface area contributed by atoms with Gasteiger partial charge in [0, 0.05) is 37.9 Å². The van der Waals surface area contributed by atoms with Gasteiger partial charge in [-0.2, -0.15) is 0 Å². The number of ether oxygens (including phenoxy) is 1. The highest BCUT2D eigenvalue weighted by Crippen LogP contribution is 2.20. The molecule has 20 heavy (non-hydrogen) atoms. The average molecular weight is 276 g/mol. The van der Waals surface area contributed by atoms with Crippen molar-refractivity contribution < 1.29 is 14.3 Å². The molecule has 0 bridgehead atoms. The van der Waals surface area contributed by atoms with Crippen LogP contribution in [0.2, 0.25) is 0 Å². The zero-order valence-corrected chi connectivity index (χ0v) is 11.6. The number of amides is 2. The van der Waals surface area contributed by atoms with Gasteiger partial charge in [0.1, 0.15) is 0 Å². The van der Waals surface area contributed by atoms with Gasteiger partial charge in [0.25, 0.3) is 0 Å². The van der Waals surface area contributed by atoms with Crippen molar-refractivity contribution in [1.29, 1.82) is 0 Å². The van der Waals surface area contributed by atoms with Crippen LogP contribution in [0.15, 0.2) is 24.3 Å². The van der Waals surface area contributed by atoms with Crippen LogP contribution in [-0.2, 0) is 14.3 Å². The van der Waals surface area contributed by atoms with Gasteiger partial charge in [-0.05, 0) is 37.0 Å². The molecule has 2 amide bonds. The molecule has 2 N–H and O–H groups in total. The lowest BCUT2D eigenvalue weighted by Gasteiger charge is -2.21. The van der Waals surface area contributed by atoms with Crippen LogP contribution in [0.3, 0.4) is 0 Å². The lowest BCUT2D eigenvalue weighted by atomic mass is 9.96. The molecule has 0 saturated carbocycles. The predicted molar refractivity (Wildman–Crippen MR) is 77.5 cm³/mol. The van der Waals surface area contributed by atoms with Gasteiger partial charge in [0.15, 0.2) is 0 Å². The molecule has 108 valence electrons. The number of hydrogen-bond acceptors (Lipinski definition) is 3. The first kappa shape index (κ1) is 14.5. The third-order valence-corrected chi connectivity index (χ3v) is 3.28. The highest BCUT2D eigenvalue weighted by atomic mass is 16.5. The molecule has 5 nitrogen and oxygen atoms in total. The maximum absolute atomic E-state index is 12.0. The minimum absolute atomic E-state index is 0.0110. The lowest BCUT2D eigenvalue weighted by molar-refractivity contribution is -0.117. The van der Waals surface area contributed by atoms with E-state index in [9.17, 15) is 9.59 Å². The fourth-order valence-corrected chi connectivity index (χ4v) is 2.30. The standard InChI is InChI=1S/C15H20N2O3/c1-11(18)16-13-3-2-4-14(10-13)17-15(19)9-12-5-7-20-8-6-12/h2-4,10,12H,5-9H2,1H3,(H,16,18)(H,17,19). The van der Waals surface area contributed by atoms with Crippen molar-refractivity contribution in [1.82, 2.24) is 0 Å². The summed E-state index contributed by atoms with van der Waals surface area (Å²) in [5.74, 6) is 0.287. The van der Waals surface area contributed by atoms with Crippen LogP contribution in [-0.4, -0.2) is 25.0 Å². The van der Waals surface area contributed by atoms with Gasteiger partial charge in [-0.25, -0.2) is 0 Å². The summed E-state index contributed by atoms with van der Waals surface area (Å²) in [6, 6.07) is 7.15. The molecule has 1 saturated heterocycles. The number of anilines is 2. The summed E-state index contributed by atoms with van der Waals surface area (Å²) >= 11 is 0. The smallest absolute Gasteiger partial charge is 0.224 e. The van der Waals surface area contributed by atoms with Crippen molar-refractivity contribution in [2.45, 2.75) is 26.2 Å². The lowest BCUT2D eigenvalue weighted by Crippen LogP contribution is -2.22. The van der Waals surface area contributed by atoms with Crippen LogP contribution < -0.4 is 10.6 Å².